The average molecular weight is 229 g/mol. The molecule has 0 bridgehead atoms. The molecule has 0 unspecified atom stereocenters. The highest BCUT2D eigenvalue weighted by Gasteiger charge is 2.08. The highest BCUT2D eigenvalue weighted by atomic mass is 15.2. The summed E-state index contributed by atoms with van der Waals surface area (Å²) < 4.78 is 0. The van der Waals surface area contributed by atoms with Gasteiger partial charge in [-0.15, -0.1) is 0 Å². The summed E-state index contributed by atoms with van der Waals surface area (Å²) in [5.41, 5.74) is 0.448. The van der Waals surface area contributed by atoms with Crippen molar-refractivity contribution >= 4 is 0 Å². The number of hydrogen-bond acceptors (Lipinski definition) is 3. The summed E-state index contributed by atoms with van der Waals surface area (Å²) >= 11 is 0. The summed E-state index contributed by atoms with van der Waals surface area (Å²) in [6.07, 6.45) is 1.24. The minimum Gasteiger partial charge on any atom is -0.315 e. The first-order valence-corrected chi connectivity index (χ1v) is 6.35. The van der Waals surface area contributed by atoms with Gasteiger partial charge in [0.25, 0.3) is 0 Å². The molecule has 1 N–H and O–H groups in total. The largest absolute Gasteiger partial charge is 0.315 e. The van der Waals surface area contributed by atoms with E-state index in [0.717, 1.165) is 32.7 Å². The predicted octanol–water partition coefficient (Wildman–Crippen LogP) is 1.51. The van der Waals surface area contributed by atoms with E-state index in [1.807, 2.05) is 0 Å². The van der Waals surface area contributed by atoms with E-state index in [-0.39, 0.29) is 0 Å². The van der Waals surface area contributed by atoms with Gasteiger partial charge in [0, 0.05) is 26.2 Å². The molecule has 0 heterocycles. The SMILES string of the molecule is CN(C)CCN(C)CCNCCC(C)(C)C. The lowest BCUT2D eigenvalue weighted by atomic mass is 9.92. The van der Waals surface area contributed by atoms with Gasteiger partial charge in [-0.05, 0) is 39.5 Å². The maximum Gasteiger partial charge on any atom is 0.0107 e. The quantitative estimate of drug-likeness (QED) is 0.637. The van der Waals surface area contributed by atoms with Crippen molar-refractivity contribution in [3.8, 4) is 0 Å². The highest BCUT2D eigenvalue weighted by Crippen LogP contribution is 2.16. The van der Waals surface area contributed by atoms with Crippen molar-refractivity contribution in [2.45, 2.75) is 27.2 Å². The Balaban J connectivity index is 3.31. The maximum atomic E-state index is 3.51. The lowest BCUT2D eigenvalue weighted by molar-refractivity contribution is 0.278. The zero-order valence-electron chi connectivity index (χ0n) is 12.1. The minimum atomic E-state index is 0.448. The van der Waals surface area contributed by atoms with Crippen LogP contribution in [0.1, 0.15) is 27.2 Å². The van der Waals surface area contributed by atoms with Gasteiger partial charge in [-0.25, -0.2) is 0 Å². The second kappa shape index (κ2) is 8.04. The van der Waals surface area contributed by atoms with Gasteiger partial charge in [-0.2, -0.15) is 0 Å². The van der Waals surface area contributed by atoms with E-state index in [4.69, 9.17) is 0 Å². The van der Waals surface area contributed by atoms with Gasteiger partial charge in [0.2, 0.25) is 0 Å². The number of hydrogen-bond donors (Lipinski definition) is 1. The van der Waals surface area contributed by atoms with Crippen LogP contribution in [0.15, 0.2) is 0 Å². The molecule has 3 heteroatoms. The number of likely N-dealkylation sites (N-methyl/N-ethyl adjacent to an activating group) is 2. The van der Waals surface area contributed by atoms with E-state index in [1.54, 1.807) is 0 Å². The van der Waals surface area contributed by atoms with Crippen molar-refractivity contribution < 1.29 is 0 Å². The fraction of sp³-hybridized carbons (Fsp3) is 1.00. The smallest absolute Gasteiger partial charge is 0.0107 e. The molecular formula is C13H31N3. The monoisotopic (exact) mass is 229 g/mol. The average Bonchev–Trinajstić information content (AvgIpc) is 2.12. The van der Waals surface area contributed by atoms with E-state index >= 15 is 0 Å². The molecule has 0 aromatic carbocycles. The Labute approximate surface area is 102 Å². The second-order valence-corrected chi connectivity index (χ2v) is 6.17. The van der Waals surface area contributed by atoms with Gasteiger partial charge < -0.3 is 15.1 Å². The first-order chi connectivity index (χ1) is 7.31. The van der Waals surface area contributed by atoms with Gasteiger partial charge >= 0.3 is 0 Å². The third-order valence-electron chi connectivity index (χ3n) is 2.65. The normalized spacial score (nSPS) is 12.8. The molecule has 16 heavy (non-hydrogen) atoms. The Morgan fingerprint density at radius 2 is 1.50 bits per heavy atom. The first kappa shape index (κ1) is 15.9. The Hall–Kier alpha value is -0.120. The van der Waals surface area contributed by atoms with Crippen LogP contribution >= 0.6 is 0 Å². The molecule has 0 saturated heterocycles. The summed E-state index contributed by atoms with van der Waals surface area (Å²) in [7, 11) is 6.43. The van der Waals surface area contributed by atoms with Crippen LogP contribution in [0, 0.1) is 5.41 Å². The fourth-order valence-electron chi connectivity index (χ4n) is 1.34. The van der Waals surface area contributed by atoms with Crippen LogP contribution < -0.4 is 5.32 Å². The van der Waals surface area contributed by atoms with E-state index in [1.165, 1.54) is 6.42 Å². The molecule has 0 aromatic heterocycles. The van der Waals surface area contributed by atoms with Crippen molar-refractivity contribution in [3.63, 3.8) is 0 Å². The lowest BCUT2D eigenvalue weighted by Gasteiger charge is -2.21. The topological polar surface area (TPSA) is 18.5 Å². The number of nitrogens with one attached hydrogen (secondary N) is 1. The van der Waals surface area contributed by atoms with Gasteiger partial charge in [0.05, 0.1) is 0 Å². The molecule has 0 aliphatic carbocycles. The molecule has 0 spiro atoms. The Bertz CT molecular complexity index is 161. The maximum absolute atomic E-state index is 3.51. The second-order valence-electron chi connectivity index (χ2n) is 6.17. The molecule has 0 atom stereocenters. The van der Waals surface area contributed by atoms with Crippen LogP contribution in [0.4, 0.5) is 0 Å². The minimum absolute atomic E-state index is 0.448. The number of nitrogens with zero attached hydrogens (tertiary/aromatic N) is 2. The molecule has 0 amide bonds. The summed E-state index contributed by atoms with van der Waals surface area (Å²) in [5.74, 6) is 0. The van der Waals surface area contributed by atoms with Crippen LogP contribution in [-0.4, -0.2) is 63.7 Å². The summed E-state index contributed by atoms with van der Waals surface area (Å²) in [4.78, 5) is 4.60. The van der Waals surface area contributed by atoms with Crippen LogP contribution in [-0.2, 0) is 0 Å². The highest BCUT2D eigenvalue weighted by molar-refractivity contribution is 4.64. The zero-order chi connectivity index (χ0) is 12.6. The van der Waals surface area contributed by atoms with Crippen molar-refractivity contribution in [1.82, 2.24) is 15.1 Å². The van der Waals surface area contributed by atoms with Gasteiger partial charge in [-0.3, -0.25) is 0 Å². The molecule has 0 aliphatic rings. The zero-order valence-corrected chi connectivity index (χ0v) is 12.1. The summed E-state index contributed by atoms with van der Waals surface area (Å²) in [6, 6.07) is 0. The van der Waals surface area contributed by atoms with Crippen LogP contribution in [0.2, 0.25) is 0 Å². The number of rotatable bonds is 8. The van der Waals surface area contributed by atoms with E-state index in [2.05, 4.69) is 57.0 Å². The van der Waals surface area contributed by atoms with Crippen molar-refractivity contribution in [3.05, 3.63) is 0 Å². The van der Waals surface area contributed by atoms with Gasteiger partial charge in [0.1, 0.15) is 0 Å². The predicted molar refractivity (Wildman–Crippen MR) is 73.0 cm³/mol. The lowest BCUT2D eigenvalue weighted by Crippen LogP contribution is -2.34. The third-order valence-corrected chi connectivity index (χ3v) is 2.65. The van der Waals surface area contributed by atoms with Crippen LogP contribution in [0.3, 0.4) is 0 Å². The van der Waals surface area contributed by atoms with Crippen molar-refractivity contribution in [1.29, 1.82) is 0 Å². The molecule has 3 nitrogen and oxygen atoms in total. The fourth-order valence-corrected chi connectivity index (χ4v) is 1.34. The molecule has 0 radical (unpaired) electrons. The Morgan fingerprint density at radius 1 is 0.875 bits per heavy atom. The molecule has 0 aliphatic heterocycles. The molecular weight excluding hydrogens is 198 g/mol. The molecule has 0 saturated carbocycles. The van der Waals surface area contributed by atoms with Crippen LogP contribution in [0.5, 0.6) is 0 Å². The Kier molecular flexibility index (Phi) is 7.98. The first-order valence-electron chi connectivity index (χ1n) is 6.35. The third kappa shape index (κ3) is 12.0. The van der Waals surface area contributed by atoms with Gasteiger partial charge in [-0.1, -0.05) is 20.8 Å². The van der Waals surface area contributed by atoms with Gasteiger partial charge in [0.15, 0.2) is 0 Å². The van der Waals surface area contributed by atoms with E-state index in [0.29, 0.717) is 5.41 Å². The van der Waals surface area contributed by atoms with E-state index < -0.39 is 0 Å². The van der Waals surface area contributed by atoms with Crippen molar-refractivity contribution in [2.24, 2.45) is 5.41 Å². The van der Waals surface area contributed by atoms with Crippen molar-refractivity contribution in [2.75, 3.05) is 53.9 Å². The van der Waals surface area contributed by atoms with E-state index in [9.17, 15) is 0 Å². The molecule has 0 aromatic rings. The summed E-state index contributed by atoms with van der Waals surface area (Å²) in [6.45, 7) is 12.5. The standard InChI is InChI=1S/C13H31N3/c1-13(2,3)7-8-14-9-10-16(6)12-11-15(4)5/h14H,7-12H2,1-6H3. The molecule has 98 valence electrons. The molecule has 0 fully saturated rings. The van der Waals surface area contributed by atoms with Crippen LogP contribution in [0.25, 0.3) is 0 Å². The Morgan fingerprint density at radius 3 is 2.00 bits per heavy atom. The summed E-state index contributed by atoms with van der Waals surface area (Å²) in [5, 5.41) is 3.51. The molecule has 0 rings (SSSR count).